The molecule has 0 saturated heterocycles. The summed E-state index contributed by atoms with van der Waals surface area (Å²) < 4.78 is 39.0. The van der Waals surface area contributed by atoms with E-state index in [1.165, 1.54) is 13.1 Å². The molecule has 2 aromatic rings. The van der Waals surface area contributed by atoms with Crippen molar-refractivity contribution in [1.82, 2.24) is 9.97 Å². The fourth-order valence-corrected chi connectivity index (χ4v) is 2.74. The van der Waals surface area contributed by atoms with Crippen molar-refractivity contribution < 1.29 is 13.2 Å². The number of hydrogen-bond donors (Lipinski definition) is 1. The molecule has 1 heterocycles. The van der Waals surface area contributed by atoms with Crippen LogP contribution < -0.4 is 5.32 Å². The summed E-state index contributed by atoms with van der Waals surface area (Å²) in [6.45, 7) is 0. The second kappa shape index (κ2) is 6.01. The molecule has 0 radical (unpaired) electrons. The molecule has 0 aliphatic rings. The zero-order valence-electron chi connectivity index (χ0n) is 10.2. The van der Waals surface area contributed by atoms with Crippen LogP contribution in [0.3, 0.4) is 0 Å². The zero-order valence-corrected chi connectivity index (χ0v) is 12.6. The van der Waals surface area contributed by atoms with E-state index in [1.54, 1.807) is 12.1 Å². The van der Waals surface area contributed by atoms with E-state index in [0.717, 1.165) is 21.1 Å². The van der Waals surface area contributed by atoms with E-state index in [9.17, 15) is 13.2 Å². The molecule has 0 amide bonds. The minimum Gasteiger partial charge on any atom is -0.373 e. The van der Waals surface area contributed by atoms with Gasteiger partial charge in [-0.15, -0.1) is 0 Å². The van der Waals surface area contributed by atoms with Gasteiger partial charge >= 0.3 is 6.18 Å². The van der Waals surface area contributed by atoms with Gasteiger partial charge in [0, 0.05) is 22.5 Å². The largest absolute Gasteiger partial charge is 0.451 e. The van der Waals surface area contributed by atoms with E-state index < -0.39 is 12.0 Å². The number of rotatable bonds is 3. The molecule has 0 aliphatic heterocycles. The first-order valence-corrected chi connectivity index (χ1v) is 7.07. The van der Waals surface area contributed by atoms with E-state index in [2.05, 4.69) is 31.2 Å². The highest BCUT2D eigenvalue weighted by Gasteiger charge is 2.35. The first kappa shape index (κ1) is 15.1. The van der Waals surface area contributed by atoms with Crippen molar-refractivity contribution in [3.63, 3.8) is 0 Å². The van der Waals surface area contributed by atoms with Crippen molar-refractivity contribution in [2.45, 2.75) is 16.1 Å². The molecule has 1 aromatic heterocycles. The van der Waals surface area contributed by atoms with Gasteiger partial charge in [0.2, 0.25) is 5.82 Å². The Labute approximate surface area is 126 Å². The standard InChI is InChI=1S/C12H9BrF3N3S/c1-17-9-6-10(19-11(18-9)12(14,15)16)20-8-5-3-2-4-7(8)13/h2-6H,1H3,(H,17,18,19). The minimum absolute atomic E-state index is 0.127. The van der Waals surface area contributed by atoms with Gasteiger partial charge in [0.25, 0.3) is 0 Å². The Morgan fingerprint density at radius 1 is 1.20 bits per heavy atom. The highest BCUT2D eigenvalue weighted by molar-refractivity contribution is 9.10. The second-order valence-corrected chi connectivity index (χ2v) is 5.61. The lowest BCUT2D eigenvalue weighted by atomic mass is 10.4. The summed E-state index contributed by atoms with van der Waals surface area (Å²) in [6, 6.07) is 8.71. The maximum Gasteiger partial charge on any atom is 0.451 e. The topological polar surface area (TPSA) is 37.8 Å². The average molecular weight is 364 g/mol. The predicted molar refractivity (Wildman–Crippen MR) is 74.8 cm³/mol. The quantitative estimate of drug-likeness (QED) is 0.817. The fourth-order valence-electron chi connectivity index (χ4n) is 1.37. The van der Waals surface area contributed by atoms with E-state index in [-0.39, 0.29) is 10.8 Å². The molecular formula is C12H9BrF3N3S. The summed E-state index contributed by atoms with van der Waals surface area (Å²) in [7, 11) is 1.51. The molecule has 1 N–H and O–H groups in total. The van der Waals surface area contributed by atoms with Gasteiger partial charge in [-0.1, -0.05) is 23.9 Å². The van der Waals surface area contributed by atoms with Crippen LogP contribution in [0.25, 0.3) is 0 Å². The van der Waals surface area contributed by atoms with E-state index >= 15 is 0 Å². The molecule has 0 aliphatic carbocycles. The predicted octanol–water partition coefficient (Wildman–Crippen LogP) is 4.45. The first-order chi connectivity index (χ1) is 9.40. The first-order valence-electron chi connectivity index (χ1n) is 5.46. The number of nitrogens with zero attached hydrogens (tertiary/aromatic N) is 2. The molecule has 2 rings (SSSR count). The smallest absolute Gasteiger partial charge is 0.373 e. The van der Waals surface area contributed by atoms with Gasteiger partial charge in [0.1, 0.15) is 10.8 Å². The highest BCUT2D eigenvalue weighted by Crippen LogP contribution is 2.35. The zero-order chi connectivity index (χ0) is 14.8. The van der Waals surface area contributed by atoms with Crippen LogP contribution in [0.1, 0.15) is 5.82 Å². The number of hydrogen-bond acceptors (Lipinski definition) is 4. The third-order valence-electron chi connectivity index (χ3n) is 2.26. The molecule has 0 fully saturated rings. The monoisotopic (exact) mass is 363 g/mol. The Kier molecular flexibility index (Phi) is 4.54. The molecule has 1 aromatic carbocycles. The maximum atomic E-state index is 12.7. The van der Waals surface area contributed by atoms with Crippen molar-refractivity contribution in [2.75, 3.05) is 12.4 Å². The van der Waals surface area contributed by atoms with Crippen LogP contribution in [0.4, 0.5) is 19.0 Å². The van der Waals surface area contributed by atoms with Crippen LogP contribution in [0.5, 0.6) is 0 Å². The Bertz CT molecular complexity index is 619. The van der Waals surface area contributed by atoms with Crippen molar-refractivity contribution in [3.8, 4) is 0 Å². The average Bonchev–Trinajstić information content (AvgIpc) is 2.40. The summed E-state index contributed by atoms with van der Waals surface area (Å²) in [6.07, 6.45) is -4.57. The molecular weight excluding hydrogens is 355 g/mol. The highest BCUT2D eigenvalue weighted by atomic mass is 79.9. The lowest BCUT2D eigenvalue weighted by Crippen LogP contribution is -2.12. The Morgan fingerprint density at radius 3 is 2.50 bits per heavy atom. The van der Waals surface area contributed by atoms with Crippen LogP contribution in [0.2, 0.25) is 0 Å². The van der Waals surface area contributed by atoms with Gasteiger partial charge in [-0.2, -0.15) is 13.2 Å². The van der Waals surface area contributed by atoms with Crippen LogP contribution in [-0.4, -0.2) is 17.0 Å². The molecule has 0 atom stereocenters. The summed E-state index contributed by atoms with van der Waals surface area (Å²) >= 11 is 4.48. The third-order valence-corrected chi connectivity index (χ3v) is 4.21. The van der Waals surface area contributed by atoms with E-state index in [0.29, 0.717) is 0 Å². The maximum absolute atomic E-state index is 12.7. The Balaban J connectivity index is 2.39. The van der Waals surface area contributed by atoms with Crippen LogP contribution >= 0.6 is 27.7 Å². The number of nitrogens with one attached hydrogen (secondary N) is 1. The summed E-state index contributed by atoms with van der Waals surface area (Å²) in [4.78, 5) is 7.75. The van der Waals surface area contributed by atoms with Crippen LogP contribution in [0, 0.1) is 0 Å². The van der Waals surface area contributed by atoms with Crippen LogP contribution in [0.15, 0.2) is 44.7 Å². The van der Waals surface area contributed by atoms with Gasteiger partial charge in [-0.05, 0) is 28.1 Å². The molecule has 3 nitrogen and oxygen atoms in total. The molecule has 0 bridgehead atoms. The van der Waals surface area contributed by atoms with Gasteiger partial charge in [-0.25, -0.2) is 9.97 Å². The van der Waals surface area contributed by atoms with Gasteiger partial charge in [0.15, 0.2) is 0 Å². The molecule has 8 heteroatoms. The fraction of sp³-hybridized carbons (Fsp3) is 0.167. The van der Waals surface area contributed by atoms with Crippen molar-refractivity contribution in [1.29, 1.82) is 0 Å². The molecule has 0 spiro atoms. The van der Waals surface area contributed by atoms with Gasteiger partial charge < -0.3 is 5.32 Å². The normalized spacial score (nSPS) is 11.4. The lowest BCUT2D eigenvalue weighted by Gasteiger charge is -2.10. The van der Waals surface area contributed by atoms with Gasteiger partial charge in [0.05, 0.1) is 0 Å². The van der Waals surface area contributed by atoms with Gasteiger partial charge in [-0.3, -0.25) is 0 Å². The molecule has 106 valence electrons. The summed E-state index contributed by atoms with van der Waals surface area (Å²) in [5.74, 6) is -1.03. The Morgan fingerprint density at radius 2 is 1.90 bits per heavy atom. The number of anilines is 1. The number of aromatic nitrogens is 2. The number of benzene rings is 1. The summed E-state index contributed by atoms with van der Waals surface area (Å²) in [5, 5.41) is 2.83. The van der Waals surface area contributed by atoms with Crippen molar-refractivity contribution >= 4 is 33.5 Å². The summed E-state index contributed by atoms with van der Waals surface area (Å²) in [5.41, 5.74) is 0. The van der Waals surface area contributed by atoms with Crippen molar-refractivity contribution in [2.24, 2.45) is 0 Å². The third kappa shape index (κ3) is 3.63. The van der Waals surface area contributed by atoms with E-state index in [1.807, 2.05) is 12.1 Å². The van der Waals surface area contributed by atoms with Crippen molar-refractivity contribution in [3.05, 3.63) is 40.6 Å². The molecule has 20 heavy (non-hydrogen) atoms. The second-order valence-electron chi connectivity index (χ2n) is 3.70. The number of alkyl halides is 3. The minimum atomic E-state index is -4.57. The van der Waals surface area contributed by atoms with E-state index in [4.69, 9.17) is 0 Å². The van der Waals surface area contributed by atoms with Crippen LogP contribution in [-0.2, 0) is 6.18 Å². The molecule has 0 unspecified atom stereocenters. The number of halogens is 4. The molecule has 0 saturated carbocycles. The lowest BCUT2D eigenvalue weighted by molar-refractivity contribution is -0.145. The Hall–Kier alpha value is -1.28. The SMILES string of the molecule is CNc1cc(Sc2ccccc2Br)nc(C(F)(F)F)n1.